The van der Waals surface area contributed by atoms with E-state index in [9.17, 15) is 4.79 Å². The van der Waals surface area contributed by atoms with E-state index in [1.807, 2.05) is 6.92 Å². The highest BCUT2D eigenvalue weighted by Gasteiger charge is 2.25. The third-order valence-electron chi connectivity index (χ3n) is 5.07. The number of hydrogen-bond donors (Lipinski definition) is 2. The molecule has 1 heterocycles. The molecule has 0 radical (unpaired) electrons. The Balaban J connectivity index is 1.61. The maximum Gasteiger partial charge on any atom is 0.249 e. The maximum atomic E-state index is 12.3. The minimum absolute atomic E-state index is 0.0750. The molecule has 1 aliphatic carbocycles. The fraction of sp³-hybridized carbons (Fsp3) is 0.944. The molecule has 2 aliphatic rings. The molecular formula is C18H35N3O2. The highest BCUT2D eigenvalue weighted by molar-refractivity contribution is 5.80. The van der Waals surface area contributed by atoms with Crippen LogP contribution in [0.5, 0.6) is 0 Å². The van der Waals surface area contributed by atoms with Crippen LogP contribution in [0.1, 0.15) is 52.4 Å². The van der Waals surface area contributed by atoms with Crippen molar-refractivity contribution in [3.8, 4) is 0 Å². The van der Waals surface area contributed by atoms with Gasteiger partial charge < -0.3 is 20.3 Å². The van der Waals surface area contributed by atoms with Crippen LogP contribution in [-0.4, -0.2) is 62.3 Å². The number of piperazine rings is 1. The van der Waals surface area contributed by atoms with Crippen LogP contribution in [0.2, 0.25) is 0 Å². The topological polar surface area (TPSA) is 53.6 Å². The lowest BCUT2D eigenvalue weighted by atomic mass is 9.88. The molecule has 3 unspecified atom stereocenters. The molecule has 5 nitrogen and oxygen atoms in total. The van der Waals surface area contributed by atoms with Crippen LogP contribution in [0.15, 0.2) is 0 Å². The van der Waals surface area contributed by atoms with Gasteiger partial charge in [-0.3, -0.25) is 4.79 Å². The summed E-state index contributed by atoms with van der Waals surface area (Å²) in [7, 11) is 0. The molecule has 5 heteroatoms. The minimum Gasteiger partial charge on any atom is -0.365 e. The van der Waals surface area contributed by atoms with Crippen LogP contribution >= 0.6 is 0 Å². The predicted octanol–water partition coefficient (Wildman–Crippen LogP) is 1.77. The molecule has 1 aliphatic heterocycles. The first-order chi connectivity index (χ1) is 11.2. The molecule has 1 saturated heterocycles. The predicted molar refractivity (Wildman–Crippen MR) is 93.5 cm³/mol. The molecule has 0 aromatic heterocycles. The van der Waals surface area contributed by atoms with Crippen molar-refractivity contribution in [3.63, 3.8) is 0 Å². The Kier molecular flexibility index (Phi) is 8.34. The van der Waals surface area contributed by atoms with Crippen LogP contribution in [-0.2, 0) is 9.53 Å². The summed E-state index contributed by atoms with van der Waals surface area (Å²) in [6, 6.07) is 0. The van der Waals surface area contributed by atoms with Crippen LogP contribution in [0, 0.1) is 5.92 Å². The van der Waals surface area contributed by atoms with E-state index >= 15 is 0 Å². The number of ether oxygens (including phenoxy) is 1. The summed E-state index contributed by atoms with van der Waals surface area (Å²) < 4.78 is 6.09. The zero-order chi connectivity index (χ0) is 16.5. The lowest BCUT2D eigenvalue weighted by Gasteiger charge is -2.30. The summed E-state index contributed by atoms with van der Waals surface area (Å²) >= 11 is 0. The van der Waals surface area contributed by atoms with E-state index in [-0.39, 0.29) is 18.1 Å². The standard InChI is InChI=1S/C18H35N3O2/c1-3-17(23-16-7-4-6-15(2)14-16)18(22)20-8-5-11-21-12-9-19-10-13-21/h15-17,19H,3-14H2,1-2H3,(H,20,22). The van der Waals surface area contributed by atoms with Gasteiger partial charge in [-0.2, -0.15) is 0 Å². The monoisotopic (exact) mass is 325 g/mol. The van der Waals surface area contributed by atoms with Gasteiger partial charge in [0.25, 0.3) is 0 Å². The van der Waals surface area contributed by atoms with E-state index < -0.39 is 0 Å². The lowest BCUT2D eigenvalue weighted by molar-refractivity contribution is -0.139. The first kappa shape index (κ1) is 18.7. The van der Waals surface area contributed by atoms with Gasteiger partial charge in [-0.25, -0.2) is 0 Å². The van der Waals surface area contributed by atoms with Gasteiger partial charge in [0, 0.05) is 32.7 Å². The Morgan fingerprint density at radius 2 is 2.13 bits per heavy atom. The number of amides is 1. The summed E-state index contributed by atoms with van der Waals surface area (Å²) in [6.07, 6.45) is 6.52. The quantitative estimate of drug-likeness (QED) is 0.668. The summed E-state index contributed by atoms with van der Waals surface area (Å²) in [6.45, 7) is 10.5. The third-order valence-corrected chi connectivity index (χ3v) is 5.07. The average molecular weight is 325 g/mol. The van der Waals surface area contributed by atoms with E-state index in [0.717, 1.165) is 70.9 Å². The number of nitrogens with one attached hydrogen (secondary N) is 2. The zero-order valence-electron chi connectivity index (χ0n) is 15.0. The van der Waals surface area contributed by atoms with Crippen LogP contribution in [0.4, 0.5) is 0 Å². The average Bonchev–Trinajstić information content (AvgIpc) is 2.57. The van der Waals surface area contributed by atoms with E-state index in [1.54, 1.807) is 0 Å². The number of hydrogen-bond acceptors (Lipinski definition) is 4. The molecule has 0 spiro atoms. The van der Waals surface area contributed by atoms with Gasteiger partial charge in [0.05, 0.1) is 6.10 Å². The molecule has 134 valence electrons. The van der Waals surface area contributed by atoms with Crippen molar-refractivity contribution in [2.24, 2.45) is 5.92 Å². The Hall–Kier alpha value is -0.650. The second-order valence-corrected chi connectivity index (χ2v) is 7.16. The van der Waals surface area contributed by atoms with Crippen molar-refractivity contribution < 1.29 is 9.53 Å². The van der Waals surface area contributed by atoms with E-state index in [1.165, 1.54) is 12.8 Å². The third kappa shape index (κ3) is 6.77. The molecule has 1 saturated carbocycles. The second kappa shape index (κ2) is 10.3. The van der Waals surface area contributed by atoms with Crippen LogP contribution < -0.4 is 10.6 Å². The summed E-state index contributed by atoms with van der Waals surface area (Å²) in [5.74, 6) is 0.805. The highest BCUT2D eigenvalue weighted by Crippen LogP contribution is 2.26. The zero-order valence-corrected chi connectivity index (χ0v) is 15.0. The van der Waals surface area contributed by atoms with Crippen molar-refractivity contribution in [2.45, 2.75) is 64.6 Å². The van der Waals surface area contributed by atoms with Crippen molar-refractivity contribution >= 4 is 5.91 Å². The molecule has 2 N–H and O–H groups in total. The maximum absolute atomic E-state index is 12.3. The fourth-order valence-electron chi connectivity index (χ4n) is 3.64. The van der Waals surface area contributed by atoms with Gasteiger partial charge in [-0.1, -0.05) is 26.7 Å². The second-order valence-electron chi connectivity index (χ2n) is 7.16. The van der Waals surface area contributed by atoms with Crippen LogP contribution in [0.25, 0.3) is 0 Å². The molecule has 3 atom stereocenters. The normalized spacial score (nSPS) is 27.6. The van der Waals surface area contributed by atoms with E-state index in [0.29, 0.717) is 0 Å². The van der Waals surface area contributed by atoms with Crippen molar-refractivity contribution in [3.05, 3.63) is 0 Å². The first-order valence-electron chi connectivity index (χ1n) is 9.55. The summed E-state index contributed by atoms with van der Waals surface area (Å²) in [5.41, 5.74) is 0. The van der Waals surface area contributed by atoms with Gasteiger partial charge in [0.2, 0.25) is 5.91 Å². The van der Waals surface area contributed by atoms with E-state index in [2.05, 4.69) is 22.5 Å². The Morgan fingerprint density at radius 1 is 1.35 bits per heavy atom. The highest BCUT2D eigenvalue weighted by atomic mass is 16.5. The Labute approximate surface area is 141 Å². The van der Waals surface area contributed by atoms with Crippen molar-refractivity contribution in [2.75, 3.05) is 39.3 Å². The van der Waals surface area contributed by atoms with E-state index in [4.69, 9.17) is 4.74 Å². The number of carbonyl (C=O) groups excluding carboxylic acids is 1. The molecule has 0 bridgehead atoms. The molecule has 0 aromatic carbocycles. The Morgan fingerprint density at radius 3 is 2.83 bits per heavy atom. The number of carbonyl (C=O) groups is 1. The minimum atomic E-state index is -0.274. The summed E-state index contributed by atoms with van der Waals surface area (Å²) in [5, 5.41) is 6.43. The molecule has 1 amide bonds. The first-order valence-corrected chi connectivity index (χ1v) is 9.55. The van der Waals surface area contributed by atoms with Gasteiger partial charge >= 0.3 is 0 Å². The lowest BCUT2D eigenvalue weighted by Crippen LogP contribution is -2.45. The molecule has 23 heavy (non-hydrogen) atoms. The van der Waals surface area contributed by atoms with Crippen molar-refractivity contribution in [1.82, 2.24) is 15.5 Å². The summed E-state index contributed by atoms with van der Waals surface area (Å²) in [4.78, 5) is 14.8. The number of rotatable bonds is 8. The molecule has 0 aromatic rings. The smallest absolute Gasteiger partial charge is 0.249 e. The van der Waals surface area contributed by atoms with Gasteiger partial charge in [-0.15, -0.1) is 0 Å². The van der Waals surface area contributed by atoms with Crippen LogP contribution in [0.3, 0.4) is 0 Å². The van der Waals surface area contributed by atoms with Gasteiger partial charge in [0.15, 0.2) is 0 Å². The number of nitrogens with zero attached hydrogens (tertiary/aromatic N) is 1. The largest absolute Gasteiger partial charge is 0.365 e. The Bertz CT molecular complexity index is 345. The van der Waals surface area contributed by atoms with Crippen molar-refractivity contribution in [1.29, 1.82) is 0 Å². The van der Waals surface area contributed by atoms with Gasteiger partial charge in [-0.05, 0) is 38.1 Å². The van der Waals surface area contributed by atoms with Gasteiger partial charge in [0.1, 0.15) is 6.10 Å². The molecule has 2 rings (SSSR count). The molecule has 2 fully saturated rings. The molecular weight excluding hydrogens is 290 g/mol. The fourth-order valence-corrected chi connectivity index (χ4v) is 3.64. The SMILES string of the molecule is CCC(OC1CCCC(C)C1)C(=O)NCCCN1CCNCC1.